The average Bonchev–Trinajstić information content (AvgIpc) is 3.27. The highest BCUT2D eigenvalue weighted by molar-refractivity contribution is 7.88. The summed E-state index contributed by atoms with van der Waals surface area (Å²) in [7, 11) is -1.73. The number of piperidine rings is 2. The van der Waals surface area contributed by atoms with Crippen molar-refractivity contribution < 1.29 is 22.7 Å². The number of esters is 1. The Hall–Kier alpha value is -1.15. The van der Waals surface area contributed by atoms with Gasteiger partial charge in [0.05, 0.1) is 19.3 Å². The van der Waals surface area contributed by atoms with Gasteiger partial charge in [-0.1, -0.05) is 0 Å². The minimum Gasteiger partial charge on any atom is -0.469 e. The minimum absolute atomic E-state index is 0.0118. The molecular formula is C16H26N2O5S. The van der Waals surface area contributed by atoms with Gasteiger partial charge >= 0.3 is 5.97 Å². The molecular weight excluding hydrogens is 332 g/mol. The van der Waals surface area contributed by atoms with Gasteiger partial charge in [0.2, 0.25) is 15.9 Å². The molecule has 3 fully saturated rings. The number of sulfonamides is 1. The molecule has 136 valence electrons. The molecule has 0 aromatic rings. The summed E-state index contributed by atoms with van der Waals surface area (Å²) in [6, 6.07) is 0. The number of likely N-dealkylation sites (tertiary alicyclic amines) is 1. The Kier molecular flexibility index (Phi) is 4.63. The molecule has 2 aliphatic heterocycles. The predicted molar refractivity (Wildman–Crippen MR) is 87.5 cm³/mol. The van der Waals surface area contributed by atoms with Crippen molar-refractivity contribution in [2.45, 2.75) is 32.1 Å². The van der Waals surface area contributed by atoms with Gasteiger partial charge < -0.3 is 9.64 Å². The average molecular weight is 358 g/mol. The third-order valence-electron chi connectivity index (χ3n) is 6.02. The van der Waals surface area contributed by atoms with E-state index in [4.69, 9.17) is 4.74 Å². The van der Waals surface area contributed by atoms with E-state index >= 15 is 0 Å². The summed E-state index contributed by atoms with van der Waals surface area (Å²) < 4.78 is 29.4. The Morgan fingerprint density at radius 2 is 1.67 bits per heavy atom. The zero-order valence-corrected chi connectivity index (χ0v) is 15.2. The maximum Gasteiger partial charge on any atom is 0.309 e. The third-order valence-corrected chi connectivity index (χ3v) is 7.32. The van der Waals surface area contributed by atoms with Crippen LogP contribution >= 0.6 is 0 Å². The summed E-state index contributed by atoms with van der Waals surface area (Å²) in [5.74, 6) is -0.0402. The van der Waals surface area contributed by atoms with E-state index in [9.17, 15) is 18.0 Å². The molecule has 1 amide bonds. The van der Waals surface area contributed by atoms with E-state index in [-0.39, 0.29) is 29.1 Å². The number of hydrogen-bond acceptors (Lipinski definition) is 5. The lowest BCUT2D eigenvalue weighted by Gasteiger charge is -2.37. The van der Waals surface area contributed by atoms with E-state index < -0.39 is 10.0 Å². The quantitative estimate of drug-likeness (QED) is 0.685. The van der Waals surface area contributed by atoms with Crippen LogP contribution in [0.3, 0.4) is 0 Å². The monoisotopic (exact) mass is 358 g/mol. The highest BCUT2D eigenvalue weighted by Crippen LogP contribution is 2.59. The van der Waals surface area contributed by atoms with Crippen molar-refractivity contribution in [3.05, 3.63) is 0 Å². The zero-order chi connectivity index (χ0) is 17.5. The fraction of sp³-hybridized carbons (Fsp3) is 0.875. The largest absolute Gasteiger partial charge is 0.469 e. The van der Waals surface area contributed by atoms with E-state index in [0.717, 1.165) is 19.3 Å². The molecule has 3 aliphatic rings. The SMILES string of the molecule is COC(=O)C1CC12CCN(C(=O)C1CCN(S(C)(=O)=O)CC1)CC2. The molecule has 0 bridgehead atoms. The Balaban J connectivity index is 1.49. The first-order valence-electron chi connectivity index (χ1n) is 8.58. The number of carbonyl (C=O) groups is 2. The fourth-order valence-electron chi connectivity index (χ4n) is 4.24. The highest BCUT2D eigenvalue weighted by atomic mass is 32.2. The second-order valence-corrected chi connectivity index (χ2v) is 9.39. The van der Waals surface area contributed by atoms with Gasteiger partial charge in [0.15, 0.2) is 0 Å². The van der Waals surface area contributed by atoms with Crippen LogP contribution in [0.5, 0.6) is 0 Å². The van der Waals surface area contributed by atoms with Crippen molar-refractivity contribution >= 4 is 21.9 Å². The van der Waals surface area contributed by atoms with Crippen molar-refractivity contribution in [2.24, 2.45) is 17.3 Å². The van der Waals surface area contributed by atoms with E-state index in [1.54, 1.807) is 0 Å². The lowest BCUT2D eigenvalue weighted by atomic mass is 9.89. The number of amides is 1. The summed E-state index contributed by atoms with van der Waals surface area (Å²) in [4.78, 5) is 26.2. The van der Waals surface area contributed by atoms with Crippen LogP contribution in [0.15, 0.2) is 0 Å². The van der Waals surface area contributed by atoms with Crippen LogP contribution in [-0.2, 0) is 24.3 Å². The molecule has 0 N–H and O–H groups in total. The fourth-order valence-corrected chi connectivity index (χ4v) is 5.11. The Bertz CT molecular complexity index is 616. The van der Waals surface area contributed by atoms with Crippen LogP contribution in [-0.4, -0.2) is 69.0 Å². The summed E-state index contributed by atoms with van der Waals surface area (Å²) in [6.45, 7) is 2.24. The zero-order valence-electron chi connectivity index (χ0n) is 14.4. The van der Waals surface area contributed by atoms with Crippen molar-refractivity contribution in [3.63, 3.8) is 0 Å². The van der Waals surface area contributed by atoms with Crippen molar-refractivity contribution in [3.8, 4) is 0 Å². The lowest BCUT2D eigenvalue weighted by molar-refractivity contribution is -0.143. The molecule has 2 heterocycles. The summed E-state index contributed by atoms with van der Waals surface area (Å²) in [5.41, 5.74) is 0.0591. The second kappa shape index (κ2) is 6.29. The van der Waals surface area contributed by atoms with E-state index in [1.807, 2.05) is 4.90 Å². The van der Waals surface area contributed by atoms with Gasteiger partial charge in [-0.05, 0) is 37.5 Å². The molecule has 3 rings (SSSR count). The molecule has 1 atom stereocenters. The molecule has 0 aromatic carbocycles. The molecule has 1 aliphatic carbocycles. The maximum atomic E-state index is 12.7. The van der Waals surface area contributed by atoms with Crippen LogP contribution < -0.4 is 0 Å². The van der Waals surface area contributed by atoms with E-state index in [0.29, 0.717) is 39.0 Å². The third kappa shape index (κ3) is 3.31. The van der Waals surface area contributed by atoms with Gasteiger partial charge in [-0.25, -0.2) is 12.7 Å². The van der Waals surface area contributed by atoms with Crippen molar-refractivity contribution in [1.29, 1.82) is 0 Å². The first-order valence-corrected chi connectivity index (χ1v) is 10.4. The molecule has 7 nitrogen and oxygen atoms in total. The van der Waals surface area contributed by atoms with Crippen molar-refractivity contribution in [1.82, 2.24) is 9.21 Å². The molecule has 2 saturated heterocycles. The van der Waals surface area contributed by atoms with Crippen LogP contribution in [0.1, 0.15) is 32.1 Å². The van der Waals surface area contributed by atoms with Gasteiger partial charge in [0.1, 0.15) is 0 Å². The molecule has 8 heteroatoms. The molecule has 0 aromatic heterocycles. The molecule has 1 saturated carbocycles. The number of ether oxygens (including phenoxy) is 1. The summed E-state index contributed by atoms with van der Waals surface area (Å²) >= 11 is 0. The number of hydrogen-bond donors (Lipinski definition) is 0. The topological polar surface area (TPSA) is 84.0 Å². The van der Waals surface area contributed by atoms with Crippen LogP contribution in [0.2, 0.25) is 0 Å². The molecule has 24 heavy (non-hydrogen) atoms. The summed E-state index contributed by atoms with van der Waals surface area (Å²) in [6.07, 6.45) is 5.01. The van der Waals surface area contributed by atoms with E-state index in [1.165, 1.54) is 17.7 Å². The van der Waals surface area contributed by atoms with Gasteiger partial charge in [-0.2, -0.15) is 0 Å². The van der Waals surface area contributed by atoms with Gasteiger partial charge in [0.25, 0.3) is 0 Å². The number of carbonyl (C=O) groups excluding carboxylic acids is 2. The Labute approximate surface area is 143 Å². The number of rotatable bonds is 3. The predicted octanol–water partition coefficient (Wildman–Crippen LogP) is 0.460. The van der Waals surface area contributed by atoms with Crippen molar-refractivity contribution in [2.75, 3.05) is 39.5 Å². The highest BCUT2D eigenvalue weighted by Gasteiger charge is 2.59. The maximum absolute atomic E-state index is 12.7. The van der Waals surface area contributed by atoms with Crippen LogP contribution in [0.25, 0.3) is 0 Å². The van der Waals surface area contributed by atoms with Gasteiger partial charge in [-0.15, -0.1) is 0 Å². The first kappa shape index (κ1) is 17.7. The van der Waals surface area contributed by atoms with E-state index in [2.05, 4.69) is 0 Å². The van der Waals surface area contributed by atoms with Crippen LogP contribution in [0, 0.1) is 17.3 Å². The molecule has 1 spiro atoms. The smallest absolute Gasteiger partial charge is 0.309 e. The Morgan fingerprint density at radius 1 is 1.08 bits per heavy atom. The van der Waals surface area contributed by atoms with Gasteiger partial charge in [0, 0.05) is 32.1 Å². The lowest BCUT2D eigenvalue weighted by Crippen LogP contribution is -2.47. The normalized spacial score (nSPS) is 27.9. The standard InChI is InChI=1S/C16H26N2O5S/c1-23-15(20)13-11-16(13)5-9-17(10-6-16)14(19)12-3-7-18(8-4-12)24(2,21)22/h12-13H,3-11H2,1-2H3. The summed E-state index contributed by atoms with van der Waals surface area (Å²) in [5, 5.41) is 0. The first-order chi connectivity index (χ1) is 11.3. The number of nitrogens with zero attached hydrogens (tertiary/aromatic N) is 2. The Morgan fingerprint density at radius 3 is 2.17 bits per heavy atom. The van der Waals surface area contributed by atoms with Gasteiger partial charge in [-0.3, -0.25) is 9.59 Å². The second-order valence-electron chi connectivity index (χ2n) is 7.40. The molecule has 0 radical (unpaired) electrons. The minimum atomic E-state index is -3.16. The molecule has 1 unspecified atom stereocenters. The number of methoxy groups -OCH3 is 1. The van der Waals surface area contributed by atoms with Crippen LogP contribution in [0.4, 0.5) is 0 Å².